The zero-order valence-corrected chi connectivity index (χ0v) is 14.8. The highest BCUT2D eigenvalue weighted by Gasteiger charge is 2.25. The van der Waals surface area contributed by atoms with Crippen LogP contribution in [0.15, 0.2) is 30.3 Å². The molecule has 130 valence electrons. The van der Waals surface area contributed by atoms with E-state index in [4.69, 9.17) is 15.8 Å². The molecule has 1 fully saturated rings. The summed E-state index contributed by atoms with van der Waals surface area (Å²) in [5.74, 6) is 2.75. The van der Waals surface area contributed by atoms with E-state index in [0.29, 0.717) is 12.0 Å². The van der Waals surface area contributed by atoms with E-state index >= 15 is 0 Å². The van der Waals surface area contributed by atoms with Crippen LogP contribution in [0.3, 0.4) is 0 Å². The van der Waals surface area contributed by atoms with Gasteiger partial charge in [0.2, 0.25) is 0 Å². The van der Waals surface area contributed by atoms with Gasteiger partial charge in [0, 0.05) is 24.9 Å². The Kier molecular flexibility index (Phi) is 6.02. The molecular formula is C20H30N4. The third kappa shape index (κ3) is 4.44. The van der Waals surface area contributed by atoms with Crippen molar-refractivity contribution in [3.8, 4) is 0 Å². The normalized spacial score (nSPS) is 21.1. The minimum absolute atomic E-state index is 0.380. The Balaban J connectivity index is 1.70. The summed E-state index contributed by atoms with van der Waals surface area (Å²) in [5, 5.41) is 4.83. The average Bonchev–Trinajstić information content (AvgIpc) is 3.03. The molecule has 4 heteroatoms. The number of hydrogen-bond donors (Lipinski definition) is 1. The second-order valence-corrected chi connectivity index (χ2v) is 7.06. The Hall–Kier alpha value is -1.68. The van der Waals surface area contributed by atoms with Crippen molar-refractivity contribution in [3.05, 3.63) is 47.5 Å². The van der Waals surface area contributed by atoms with Crippen molar-refractivity contribution < 1.29 is 0 Å². The average molecular weight is 326 g/mol. The van der Waals surface area contributed by atoms with Crippen LogP contribution in [0.2, 0.25) is 0 Å². The zero-order valence-electron chi connectivity index (χ0n) is 14.8. The van der Waals surface area contributed by atoms with E-state index in [0.717, 1.165) is 50.9 Å². The smallest absolute Gasteiger partial charge is 0.151 e. The summed E-state index contributed by atoms with van der Waals surface area (Å²) in [6, 6.07) is 11.0. The molecule has 24 heavy (non-hydrogen) atoms. The second-order valence-electron chi connectivity index (χ2n) is 7.06. The molecule has 0 amide bonds. The van der Waals surface area contributed by atoms with E-state index in [9.17, 15) is 0 Å². The first kappa shape index (κ1) is 17.2. The fourth-order valence-corrected chi connectivity index (χ4v) is 3.56. The van der Waals surface area contributed by atoms with Crippen molar-refractivity contribution in [1.82, 2.24) is 14.8 Å². The van der Waals surface area contributed by atoms with Gasteiger partial charge in [-0.05, 0) is 44.1 Å². The minimum atomic E-state index is 0.380. The molecule has 1 aromatic heterocycles. The first-order valence-electron chi connectivity index (χ1n) is 9.49. The van der Waals surface area contributed by atoms with Gasteiger partial charge >= 0.3 is 0 Å². The van der Waals surface area contributed by atoms with Crippen LogP contribution in [0.5, 0.6) is 0 Å². The standard InChI is InChI=1S/C20H30N4/c1-2-3-15-24-20(17-10-12-18(21)13-11-17)22-19(23-24)14-9-16-7-5-4-6-8-16/h4-8,17-18H,2-3,9-15,21H2,1H3. The van der Waals surface area contributed by atoms with Crippen molar-refractivity contribution in [2.75, 3.05) is 0 Å². The van der Waals surface area contributed by atoms with Crippen LogP contribution < -0.4 is 5.73 Å². The largest absolute Gasteiger partial charge is 0.328 e. The van der Waals surface area contributed by atoms with Crippen molar-refractivity contribution in [1.29, 1.82) is 0 Å². The molecule has 0 unspecified atom stereocenters. The summed E-state index contributed by atoms with van der Waals surface area (Å²) in [7, 11) is 0. The predicted molar refractivity (Wildman–Crippen MR) is 98.0 cm³/mol. The summed E-state index contributed by atoms with van der Waals surface area (Å²) in [5.41, 5.74) is 7.42. The van der Waals surface area contributed by atoms with Crippen LogP contribution in [0.25, 0.3) is 0 Å². The molecular weight excluding hydrogens is 296 g/mol. The number of hydrogen-bond acceptors (Lipinski definition) is 3. The lowest BCUT2D eigenvalue weighted by Crippen LogP contribution is -2.27. The van der Waals surface area contributed by atoms with Gasteiger partial charge in [0.05, 0.1) is 0 Å². The lowest BCUT2D eigenvalue weighted by atomic mass is 9.86. The minimum Gasteiger partial charge on any atom is -0.328 e. The molecule has 0 saturated heterocycles. The molecule has 1 aliphatic rings. The van der Waals surface area contributed by atoms with E-state index in [-0.39, 0.29) is 0 Å². The molecule has 0 aliphatic heterocycles. The molecule has 0 radical (unpaired) electrons. The quantitative estimate of drug-likeness (QED) is 0.841. The number of unbranched alkanes of at least 4 members (excludes halogenated alkanes) is 1. The van der Waals surface area contributed by atoms with Gasteiger partial charge in [-0.1, -0.05) is 43.7 Å². The highest BCUT2D eigenvalue weighted by molar-refractivity contribution is 5.15. The van der Waals surface area contributed by atoms with Crippen LogP contribution in [-0.2, 0) is 19.4 Å². The monoisotopic (exact) mass is 326 g/mol. The Morgan fingerprint density at radius 3 is 2.54 bits per heavy atom. The molecule has 0 bridgehead atoms. The maximum atomic E-state index is 6.07. The van der Waals surface area contributed by atoms with Crippen molar-refractivity contribution in [2.24, 2.45) is 5.73 Å². The van der Waals surface area contributed by atoms with Gasteiger partial charge in [-0.2, -0.15) is 5.10 Å². The first-order valence-corrected chi connectivity index (χ1v) is 9.49. The summed E-state index contributed by atoms with van der Waals surface area (Å²) in [6.07, 6.45) is 8.83. The number of aryl methyl sites for hydroxylation is 3. The van der Waals surface area contributed by atoms with Crippen LogP contribution in [-0.4, -0.2) is 20.8 Å². The number of aromatic nitrogens is 3. The van der Waals surface area contributed by atoms with Gasteiger partial charge < -0.3 is 5.73 Å². The summed E-state index contributed by atoms with van der Waals surface area (Å²) in [4.78, 5) is 4.94. The molecule has 1 aromatic carbocycles. The summed E-state index contributed by atoms with van der Waals surface area (Å²) < 4.78 is 2.19. The van der Waals surface area contributed by atoms with Crippen LogP contribution in [0.1, 0.15) is 68.6 Å². The van der Waals surface area contributed by atoms with Gasteiger partial charge in [0.1, 0.15) is 5.82 Å². The van der Waals surface area contributed by atoms with E-state index in [1.807, 2.05) is 0 Å². The maximum absolute atomic E-state index is 6.07. The molecule has 3 rings (SSSR count). The molecule has 4 nitrogen and oxygen atoms in total. The topological polar surface area (TPSA) is 56.7 Å². The Morgan fingerprint density at radius 1 is 1.08 bits per heavy atom. The number of nitrogens with zero attached hydrogens (tertiary/aromatic N) is 3. The third-order valence-electron chi connectivity index (χ3n) is 5.08. The van der Waals surface area contributed by atoms with Crippen LogP contribution in [0.4, 0.5) is 0 Å². The van der Waals surface area contributed by atoms with Crippen molar-refractivity contribution in [3.63, 3.8) is 0 Å². The fraction of sp³-hybridized carbons (Fsp3) is 0.600. The molecule has 1 aliphatic carbocycles. The molecule has 1 heterocycles. The SMILES string of the molecule is CCCCn1nc(CCc2ccccc2)nc1C1CCC(N)CC1. The molecule has 0 atom stereocenters. The summed E-state index contributed by atoms with van der Waals surface area (Å²) >= 11 is 0. The van der Waals surface area contributed by atoms with Crippen molar-refractivity contribution >= 4 is 0 Å². The Morgan fingerprint density at radius 2 is 1.83 bits per heavy atom. The highest BCUT2D eigenvalue weighted by Crippen LogP contribution is 2.31. The molecule has 0 spiro atoms. The first-order chi connectivity index (χ1) is 11.8. The molecule has 2 aromatic rings. The number of rotatable bonds is 7. The zero-order chi connectivity index (χ0) is 16.8. The summed E-state index contributed by atoms with van der Waals surface area (Å²) in [6.45, 7) is 3.22. The third-order valence-corrected chi connectivity index (χ3v) is 5.08. The second kappa shape index (κ2) is 8.43. The van der Waals surface area contributed by atoms with Crippen LogP contribution in [0, 0.1) is 0 Å². The van der Waals surface area contributed by atoms with Gasteiger partial charge in [-0.25, -0.2) is 9.67 Å². The van der Waals surface area contributed by atoms with E-state index < -0.39 is 0 Å². The molecule has 2 N–H and O–H groups in total. The Labute approximate surface area is 145 Å². The predicted octanol–water partition coefficient (Wildman–Crippen LogP) is 3.85. The van der Waals surface area contributed by atoms with Gasteiger partial charge in [0.25, 0.3) is 0 Å². The maximum Gasteiger partial charge on any atom is 0.151 e. The highest BCUT2D eigenvalue weighted by atomic mass is 15.3. The fourth-order valence-electron chi connectivity index (χ4n) is 3.56. The van der Waals surface area contributed by atoms with E-state index in [1.165, 1.54) is 24.2 Å². The van der Waals surface area contributed by atoms with E-state index in [1.54, 1.807) is 0 Å². The molecule has 1 saturated carbocycles. The van der Waals surface area contributed by atoms with E-state index in [2.05, 4.69) is 41.9 Å². The van der Waals surface area contributed by atoms with Gasteiger partial charge in [-0.3, -0.25) is 0 Å². The van der Waals surface area contributed by atoms with Gasteiger partial charge in [-0.15, -0.1) is 0 Å². The lowest BCUT2D eigenvalue weighted by molar-refractivity contribution is 0.369. The lowest BCUT2D eigenvalue weighted by Gasteiger charge is -2.25. The Bertz CT molecular complexity index is 612. The van der Waals surface area contributed by atoms with Crippen LogP contribution >= 0.6 is 0 Å². The van der Waals surface area contributed by atoms with Gasteiger partial charge in [0.15, 0.2) is 5.82 Å². The van der Waals surface area contributed by atoms with Crippen molar-refractivity contribution in [2.45, 2.75) is 76.8 Å². The number of nitrogens with two attached hydrogens (primary N) is 1. The number of benzene rings is 1.